The Bertz CT molecular complexity index is 409. The van der Waals surface area contributed by atoms with Gasteiger partial charge in [0.05, 0.1) is 16.7 Å². The Morgan fingerprint density at radius 1 is 1.33 bits per heavy atom. The first-order chi connectivity index (χ1) is 8.63. The van der Waals surface area contributed by atoms with Crippen LogP contribution in [0.2, 0.25) is 10.0 Å². The fraction of sp³-hybridized carbons (Fsp3) is 0.571. The Balaban J connectivity index is 2.28. The minimum atomic E-state index is 0.369. The van der Waals surface area contributed by atoms with Crippen LogP contribution in [0.3, 0.4) is 0 Å². The average Bonchev–Trinajstić information content (AvgIpc) is 2.34. The monoisotopic (exact) mass is 287 g/mol. The highest BCUT2D eigenvalue weighted by Gasteiger charge is 2.30. The maximum atomic E-state index is 6.12. The minimum Gasteiger partial charge on any atom is -0.384 e. The highest BCUT2D eigenvalue weighted by Crippen LogP contribution is 2.37. The van der Waals surface area contributed by atoms with Gasteiger partial charge in [-0.25, -0.2) is 0 Å². The van der Waals surface area contributed by atoms with E-state index in [1.807, 2.05) is 12.1 Å². The smallest absolute Gasteiger partial charge is 0.0595 e. The van der Waals surface area contributed by atoms with Crippen molar-refractivity contribution in [2.24, 2.45) is 5.92 Å². The lowest BCUT2D eigenvalue weighted by Gasteiger charge is -2.39. The van der Waals surface area contributed by atoms with Gasteiger partial charge in [0.15, 0.2) is 0 Å². The lowest BCUT2D eigenvalue weighted by Crippen LogP contribution is -2.37. The minimum absolute atomic E-state index is 0.369. The van der Waals surface area contributed by atoms with Crippen LogP contribution in [0, 0.1) is 5.92 Å². The standard InChI is InChI=1S/C14H19Cl2NO/c1-17-7-3-4-11(9-18-2)14(17)10-5-6-12(15)13(16)8-10/h5-6,8,11,14H,3-4,7,9H2,1-2H3/t11-,14+/m1/s1. The van der Waals surface area contributed by atoms with Crippen LogP contribution in [-0.2, 0) is 4.74 Å². The summed E-state index contributed by atoms with van der Waals surface area (Å²) in [6.07, 6.45) is 2.42. The van der Waals surface area contributed by atoms with Gasteiger partial charge in [-0.1, -0.05) is 29.3 Å². The summed E-state index contributed by atoms with van der Waals surface area (Å²) < 4.78 is 5.35. The fourth-order valence-electron chi connectivity index (χ4n) is 2.87. The molecule has 0 unspecified atom stereocenters. The van der Waals surface area contributed by atoms with Gasteiger partial charge >= 0.3 is 0 Å². The number of hydrogen-bond acceptors (Lipinski definition) is 2. The number of halogens is 2. The van der Waals surface area contributed by atoms with Crippen molar-refractivity contribution >= 4 is 23.2 Å². The van der Waals surface area contributed by atoms with Crippen LogP contribution in [-0.4, -0.2) is 32.2 Å². The Morgan fingerprint density at radius 2 is 2.11 bits per heavy atom. The van der Waals surface area contributed by atoms with Gasteiger partial charge in [0.2, 0.25) is 0 Å². The second-order valence-electron chi connectivity index (χ2n) is 4.96. The molecule has 2 atom stereocenters. The van der Waals surface area contributed by atoms with Crippen LogP contribution in [0.25, 0.3) is 0 Å². The fourth-order valence-corrected chi connectivity index (χ4v) is 3.18. The number of nitrogens with zero attached hydrogens (tertiary/aromatic N) is 1. The Morgan fingerprint density at radius 3 is 2.78 bits per heavy atom. The van der Waals surface area contributed by atoms with Crippen molar-refractivity contribution < 1.29 is 4.74 Å². The molecule has 0 bridgehead atoms. The van der Waals surface area contributed by atoms with Crippen molar-refractivity contribution in [3.63, 3.8) is 0 Å². The zero-order chi connectivity index (χ0) is 13.1. The molecule has 2 rings (SSSR count). The van der Waals surface area contributed by atoms with Crippen LogP contribution < -0.4 is 0 Å². The van der Waals surface area contributed by atoms with Crippen LogP contribution >= 0.6 is 23.2 Å². The quantitative estimate of drug-likeness (QED) is 0.833. The van der Waals surface area contributed by atoms with E-state index in [0.29, 0.717) is 22.0 Å². The summed E-state index contributed by atoms with van der Waals surface area (Å²) in [6.45, 7) is 1.90. The van der Waals surface area contributed by atoms with Crippen LogP contribution in [0.5, 0.6) is 0 Å². The van der Waals surface area contributed by atoms with Gasteiger partial charge in [0.25, 0.3) is 0 Å². The van der Waals surface area contributed by atoms with Gasteiger partial charge in [-0.2, -0.15) is 0 Å². The number of benzene rings is 1. The van der Waals surface area contributed by atoms with Crippen LogP contribution in [0.4, 0.5) is 0 Å². The van der Waals surface area contributed by atoms with Crippen molar-refractivity contribution in [3.8, 4) is 0 Å². The summed E-state index contributed by atoms with van der Waals surface area (Å²) in [5.74, 6) is 0.519. The van der Waals surface area contributed by atoms with E-state index >= 15 is 0 Å². The van der Waals surface area contributed by atoms with Gasteiger partial charge < -0.3 is 4.74 Å². The second kappa shape index (κ2) is 6.25. The SMILES string of the molecule is COC[C@H]1CCCN(C)[C@H]1c1ccc(Cl)c(Cl)c1. The van der Waals surface area contributed by atoms with E-state index in [0.717, 1.165) is 13.2 Å². The lowest BCUT2D eigenvalue weighted by molar-refractivity contribution is 0.0527. The molecule has 0 aromatic heterocycles. The van der Waals surface area contributed by atoms with E-state index in [2.05, 4.69) is 18.0 Å². The number of hydrogen-bond donors (Lipinski definition) is 0. The second-order valence-corrected chi connectivity index (χ2v) is 5.77. The Hall–Kier alpha value is -0.280. The highest BCUT2D eigenvalue weighted by atomic mass is 35.5. The van der Waals surface area contributed by atoms with Gasteiger partial charge in [0, 0.05) is 19.1 Å². The molecule has 1 aromatic carbocycles. The van der Waals surface area contributed by atoms with Crippen molar-refractivity contribution in [1.29, 1.82) is 0 Å². The highest BCUT2D eigenvalue weighted by molar-refractivity contribution is 6.42. The maximum Gasteiger partial charge on any atom is 0.0595 e. The average molecular weight is 288 g/mol. The molecule has 0 saturated carbocycles. The molecule has 0 spiro atoms. The largest absolute Gasteiger partial charge is 0.384 e. The van der Waals surface area contributed by atoms with Crippen molar-refractivity contribution in [2.45, 2.75) is 18.9 Å². The predicted molar refractivity (Wildman–Crippen MR) is 76.4 cm³/mol. The van der Waals surface area contributed by atoms with E-state index in [-0.39, 0.29) is 0 Å². The number of rotatable bonds is 3. The number of likely N-dealkylation sites (tertiary alicyclic amines) is 1. The zero-order valence-corrected chi connectivity index (χ0v) is 12.3. The molecular formula is C14H19Cl2NO. The molecule has 0 N–H and O–H groups in total. The summed E-state index contributed by atoms with van der Waals surface area (Å²) in [7, 11) is 3.93. The molecule has 2 nitrogen and oxygen atoms in total. The first-order valence-electron chi connectivity index (χ1n) is 6.27. The van der Waals surface area contributed by atoms with Gasteiger partial charge in [-0.3, -0.25) is 4.90 Å². The third kappa shape index (κ3) is 3.00. The topological polar surface area (TPSA) is 12.5 Å². The molecule has 1 aliphatic heterocycles. The molecule has 4 heteroatoms. The van der Waals surface area contributed by atoms with E-state index in [1.165, 1.54) is 18.4 Å². The molecule has 18 heavy (non-hydrogen) atoms. The summed E-state index contributed by atoms with van der Waals surface area (Å²) >= 11 is 12.1. The van der Waals surface area contributed by atoms with Gasteiger partial charge in [-0.15, -0.1) is 0 Å². The van der Waals surface area contributed by atoms with E-state index in [9.17, 15) is 0 Å². The van der Waals surface area contributed by atoms with Crippen LogP contribution in [0.15, 0.2) is 18.2 Å². The van der Waals surface area contributed by atoms with Gasteiger partial charge in [-0.05, 0) is 44.1 Å². The van der Waals surface area contributed by atoms with Crippen molar-refractivity contribution in [2.75, 3.05) is 27.3 Å². The van der Waals surface area contributed by atoms with E-state index in [4.69, 9.17) is 27.9 Å². The third-order valence-electron chi connectivity index (χ3n) is 3.67. The Kier molecular flexibility index (Phi) is 4.91. The lowest BCUT2D eigenvalue weighted by atomic mass is 9.85. The number of piperidine rings is 1. The third-order valence-corrected chi connectivity index (χ3v) is 4.41. The molecule has 1 aliphatic rings. The number of ether oxygens (including phenoxy) is 1. The zero-order valence-electron chi connectivity index (χ0n) is 10.8. The molecule has 1 saturated heterocycles. The van der Waals surface area contributed by atoms with Crippen molar-refractivity contribution in [3.05, 3.63) is 33.8 Å². The molecule has 0 amide bonds. The molecule has 0 aliphatic carbocycles. The maximum absolute atomic E-state index is 6.12. The van der Waals surface area contributed by atoms with Crippen LogP contribution in [0.1, 0.15) is 24.4 Å². The first-order valence-corrected chi connectivity index (χ1v) is 7.03. The summed E-state index contributed by atoms with van der Waals surface area (Å²) in [5, 5.41) is 1.24. The van der Waals surface area contributed by atoms with Gasteiger partial charge in [0.1, 0.15) is 0 Å². The molecule has 1 aromatic rings. The molecule has 0 radical (unpaired) electrons. The van der Waals surface area contributed by atoms with Crippen molar-refractivity contribution in [1.82, 2.24) is 4.90 Å². The summed E-state index contributed by atoms with van der Waals surface area (Å²) in [4.78, 5) is 2.38. The van der Waals surface area contributed by atoms with E-state index < -0.39 is 0 Å². The normalized spacial score (nSPS) is 25.3. The molecular weight excluding hydrogens is 269 g/mol. The molecule has 100 valence electrons. The summed E-state index contributed by atoms with van der Waals surface area (Å²) in [5.41, 5.74) is 1.23. The Labute approximate surface area is 119 Å². The molecule has 1 fully saturated rings. The summed E-state index contributed by atoms with van der Waals surface area (Å²) in [6, 6.07) is 6.31. The predicted octanol–water partition coefficient (Wildman–Crippen LogP) is 4.02. The first kappa shape index (κ1) is 14.1. The number of methoxy groups -OCH3 is 1. The molecule has 1 heterocycles. The van der Waals surface area contributed by atoms with E-state index in [1.54, 1.807) is 7.11 Å².